The average Bonchev–Trinajstić information content (AvgIpc) is 3.07. The number of aryl methyl sites for hydroxylation is 1. The molecule has 36 heavy (non-hydrogen) atoms. The second-order valence-corrected chi connectivity index (χ2v) is 7.60. The summed E-state index contributed by atoms with van der Waals surface area (Å²) in [5.74, 6) is -2.08. The van der Waals surface area contributed by atoms with E-state index in [2.05, 4.69) is 0 Å². The summed E-state index contributed by atoms with van der Waals surface area (Å²) >= 11 is 0. The highest BCUT2D eigenvalue weighted by Gasteiger charge is 2.31. The summed E-state index contributed by atoms with van der Waals surface area (Å²) in [4.78, 5) is 40.4. The van der Waals surface area contributed by atoms with Crippen LogP contribution in [0.3, 0.4) is 0 Å². The van der Waals surface area contributed by atoms with Gasteiger partial charge in [-0.15, -0.1) is 0 Å². The number of nitrogens with one attached hydrogen (secondary N) is 1. The van der Waals surface area contributed by atoms with Crippen molar-refractivity contribution in [3.8, 4) is 5.75 Å². The van der Waals surface area contributed by atoms with Gasteiger partial charge in [-0.1, -0.05) is 0 Å². The molecule has 0 atom stereocenters. The summed E-state index contributed by atoms with van der Waals surface area (Å²) in [6, 6.07) is 3.83. The highest BCUT2D eigenvalue weighted by Crippen LogP contribution is 2.37. The van der Waals surface area contributed by atoms with E-state index < -0.39 is 55.1 Å². The van der Waals surface area contributed by atoms with Gasteiger partial charge >= 0.3 is 11.9 Å². The van der Waals surface area contributed by atoms with Gasteiger partial charge in [0.1, 0.15) is 0 Å². The zero-order valence-electron chi connectivity index (χ0n) is 18.6. The number of quaternary nitrogens is 1. The SMILES string of the molecule is C[NH+](C)CCCn1c(=O)oc2ccc(C(F)(F)F)cc21.O=[N+]([O-])c1cc([N+](=O)[O-])c([O-])c([N+](=O)[O-])c1. The van der Waals surface area contributed by atoms with Gasteiger partial charge in [-0.05, 0) is 18.2 Å². The summed E-state index contributed by atoms with van der Waals surface area (Å²) < 4.78 is 44.3. The largest absolute Gasteiger partial charge is 0.863 e. The normalized spacial score (nSPS) is 11.3. The topological polar surface area (TPSA) is 192 Å². The van der Waals surface area contributed by atoms with E-state index in [4.69, 9.17) is 4.42 Å². The lowest BCUT2D eigenvalue weighted by molar-refractivity contribution is -0.858. The molecular formula is C19H18F3N5O9. The first kappa shape index (κ1) is 27.7. The van der Waals surface area contributed by atoms with Crippen molar-refractivity contribution in [1.29, 1.82) is 0 Å². The Morgan fingerprint density at radius 2 is 1.53 bits per heavy atom. The van der Waals surface area contributed by atoms with E-state index in [9.17, 15) is 53.4 Å². The van der Waals surface area contributed by atoms with Crippen LogP contribution in [0.2, 0.25) is 0 Å². The molecule has 1 aromatic heterocycles. The summed E-state index contributed by atoms with van der Waals surface area (Å²) in [5.41, 5.74) is -3.67. The molecule has 0 unspecified atom stereocenters. The van der Waals surface area contributed by atoms with E-state index >= 15 is 0 Å². The van der Waals surface area contributed by atoms with Crippen molar-refractivity contribution in [2.75, 3.05) is 20.6 Å². The second-order valence-electron chi connectivity index (χ2n) is 7.60. The molecule has 0 spiro atoms. The summed E-state index contributed by atoms with van der Waals surface area (Å²) in [7, 11) is 3.94. The number of nitro groups is 3. The molecule has 194 valence electrons. The number of rotatable bonds is 7. The van der Waals surface area contributed by atoms with Crippen LogP contribution < -0.4 is 15.8 Å². The van der Waals surface area contributed by atoms with Crippen molar-refractivity contribution >= 4 is 28.2 Å². The van der Waals surface area contributed by atoms with Crippen LogP contribution in [0.4, 0.5) is 30.2 Å². The smallest absolute Gasteiger partial charge is 0.419 e. The van der Waals surface area contributed by atoms with Crippen LogP contribution in [0.5, 0.6) is 5.75 Å². The Hall–Kier alpha value is -4.54. The van der Waals surface area contributed by atoms with Gasteiger partial charge in [-0.3, -0.25) is 34.9 Å². The van der Waals surface area contributed by atoms with Gasteiger partial charge in [0.15, 0.2) is 5.58 Å². The highest BCUT2D eigenvalue weighted by atomic mass is 19.4. The van der Waals surface area contributed by atoms with E-state index in [1.807, 2.05) is 14.1 Å². The van der Waals surface area contributed by atoms with Crippen molar-refractivity contribution in [1.82, 2.24) is 4.57 Å². The number of hydrogen-bond donors (Lipinski definition) is 1. The monoisotopic (exact) mass is 517 g/mol. The van der Waals surface area contributed by atoms with Crippen LogP contribution in [-0.2, 0) is 12.7 Å². The van der Waals surface area contributed by atoms with E-state index in [-0.39, 0.29) is 11.1 Å². The second kappa shape index (κ2) is 10.8. The maximum Gasteiger partial charge on any atom is 0.419 e. The van der Waals surface area contributed by atoms with Crippen LogP contribution in [0, 0.1) is 30.3 Å². The Labute approximate surface area is 198 Å². The lowest BCUT2D eigenvalue weighted by Crippen LogP contribution is -3.05. The molecule has 17 heteroatoms. The van der Waals surface area contributed by atoms with Crippen molar-refractivity contribution in [2.24, 2.45) is 0 Å². The lowest BCUT2D eigenvalue weighted by Gasteiger charge is -2.08. The third kappa shape index (κ3) is 6.53. The number of nitro benzene ring substituents is 3. The van der Waals surface area contributed by atoms with Gasteiger partial charge in [0.05, 0.1) is 64.4 Å². The first-order valence-corrected chi connectivity index (χ1v) is 9.91. The first-order chi connectivity index (χ1) is 16.6. The van der Waals surface area contributed by atoms with Crippen LogP contribution in [0.25, 0.3) is 11.1 Å². The molecule has 1 N–H and O–H groups in total. The van der Waals surface area contributed by atoms with Crippen molar-refractivity contribution in [3.05, 3.63) is 76.8 Å². The average molecular weight is 517 g/mol. The molecule has 3 aromatic rings. The van der Waals surface area contributed by atoms with Gasteiger partial charge in [-0.2, -0.15) is 13.2 Å². The zero-order valence-corrected chi connectivity index (χ0v) is 18.6. The molecule has 0 amide bonds. The number of oxazole rings is 1. The molecule has 1 heterocycles. The summed E-state index contributed by atoms with van der Waals surface area (Å²) in [6.45, 7) is 1.16. The Bertz CT molecular complexity index is 1330. The number of aromatic nitrogens is 1. The van der Waals surface area contributed by atoms with Gasteiger partial charge in [0.2, 0.25) is 0 Å². The number of alkyl halides is 3. The summed E-state index contributed by atoms with van der Waals surface area (Å²) in [6.07, 6.45) is -3.74. The Morgan fingerprint density at radius 1 is 0.972 bits per heavy atom. The molecule has 2 aromatic carbocycles. The fraction of sp³-hybridized carbons (Fsp3) is 0.316. The molecule has 3 rings (SSSR count). The fourth-order valence-electron chi connectivity index (χ4n) is 3.00. The van der Waals surface area contributed by atoms with E-state index in [1.165, 1.54) is 15.5 Å². The third-order valence-electron chi connectivity index (χ3n) is 4.69. The van der Waals surface area contributed by atoms with E-state index in [0.29, 0.717) is 25.1 Å². The molecule has 14 nitrogen and oxygen atoms in total. The Balaban J connectivity index is 0.000000261. The van der Waals surface area contributed by atoms with Gasteiger partial charge in [0, 0.05) is 13.0 Å². The predicted octanol–water partition coefficient (Wildman–Crippen LogP) is 1.63. The minimum absolute atomic E-state index is 0.181. The van der Waals surface area contributed by atoms with Crippen molar-refractivity contribution in [3.63, 3.8) is 0 Å². The third-order valence-corrected chi connectivity index (χ3v) is 4.69. The maximum atomic E-state index is 12.7. The molecule has 0 fully saturated rings. The van der Waals surface area contributed by atoms with Crippen LogP contribution in [0.1, 0.15) is 12.0 Å². The number of hydrogen-bond acceptors (Lipinski definition) is 9. The van der Waals surface area contributed by atoms with Crippen molar-refractivity contribution in [2.45, 2.75) is 19.1 Å². The van der Waals surface area contributed by atoms with E-state index in [1.54, 1.807) is 0 Å². The molecule has 0 aliphatic rings. The van der Waals surface area contributed by atoms with E-state index in [0.717, 1.165) is 18.7 Å². The molecule has 0 aliphatic heterocycles. The molecule has 0 bridgehead atoms. The quantitative estimate of drug-likeness (QED) is 0.358. The van der Waals surface area contributed by atoms with Crippen molar-refractivity contribution < 1.29 is 42.4 Å². The molecule has 0 saturated carbocycles. The van der Waals surface area contributed by atoms with Gasteiger partial charge < -0.3 is 14.4 Å². The fourth-order valence-corrected chi connectivity index (χ4v) is 3.00. The number of halogens is 3. The van der Waals surface area contributed by atoms with Gasteiger partial charge in [0.25, 0.3) is 17.1 Å². The number of nitrogens with zero attached hydrogens (tertiary/aromatic N) is 4. The van der Waals surface area contributed by atoms with Crippen LogP contribution in [0.15, 0.2) is 39.5 Å². The minimum atomic E-state index is -4.43. The molecule has 0 radical (unpaired) electrons. The summed E-state index contributed by atoms with van der Waals surface area (Å²) in [5, 5.41) is 42.1. The molecule has 0 aliphatic carbocycles. The van der Waals surface area contributed by atoms with Crippen LogP contribution >= 0.6 is 0 Å². The number of fused-ring (bicyclic) bond motifs is 1. The van der Waals surface area contributed by atoms with Gasteiger partial charge in [-0.25, -0.2) is 4.79 Å². The number of benzene rings is 2. The standard InChI is InChI=1S/C13H15F3N2O2.C6H3N3O7/c1-17(2)6-3-7-18-10-8-9(13(14,15)16)4-5-11(10)20-12(18)19;10-6-4(8(13)14)1-3(7(11)12)2-5(6)9(15)16/h4-5,8H,3,6-7H2,1-2H3;1-2,10H. The lowest BCUT2D eigenvalue weighted by atomic mass is 10.2. The Kier molecular flexibility index (Phi) is 8.32. The predicted molar refractivity (Wildman–Crippen MR) is 114 cm³/mol. The Morgan fingerprint density at radius 3 is 1.97 bits per heavy atom. The maximum absolute atomic E-state index is 12.7. The van der Waals surface area contributed by atoms with Crippen LogP contribution in [-0.4, -0.2) is 40.0 Å². The first-order valence-electron chi connectivity index (χ1n) is 9.91. The molecule has 0 saturated heterocycles. The highest BCUT2D eigenvalue weighted by molar-refractivity contribution is 5.74. The zero-order chi connectivity index (χ0) is 27.4. The minimum Gasteiger partial charge on any atom is -0.863 e. The number of non-ortho nitro benzene ring substituents is 1. The molecular weight excluding hydrogens is 499 g/mol.